The van der Waals surface area contributed by atoms with Gasteiger partial charge in [-0.3, -0.25) is 4.79 Å². The third kappa shape index (κ3) is 4.86. The lowest BCUT2D eigenvalue weighted by Crippen LogP contribution is -2.11. The van der Waals surface area contributed by atoms with Crippen LogP contribution in [0.1, 0.15) is 56.9 Å². The zero-order valence-electron chi connectivity index (χ0n) is 11.6. The van der Waals surface area contributed by atoms with Gasteiger partial charge in [-0.15, -0.1) is 0 Å². The number of nitrogens with zero attached hydrogens (tertiary/aromatic N) is 1. The molecule has 0 spiro atoms. The van der Waals surface area contributed by atoms with E-state index in [2.05, 4.69) is 18.8 Å². The molecular weight excluding hydrogens is 226 g/mol. The van der Waals surface area contributed by atoms with Gasteiger partial charge in [0, 0.05) is 6.92 Å². The minimum atomic E-state index is -0.0177. The molecule has 3 nitrogen and oxygen atoms in total. The van der Waals surface area contributed by atoms with Gasteiger partial charge in [-0.25, -0.2) is 4.98 Å². The lowest BCUT2D eigenvalue weighted by atomic mass is 10.0. The van der Waals surface area contributed by atoms with E-state index in [4.69, 9.17) is 4.74 Å². The summed E-state index contributed by atoms with van der Waals surface area (Å²) in [6.45, 7) is 6.65. The third-order valence-electron chi connectivity index (χ3n) is 3.13. The summed E-state index contributed by atoms with van der Waals surface area (Å²) in [5, 5.41) is 0. The van der Waals surface area contributed by atoms with Gasteiger partial charge in [0.15, 0.2) is 5.78 Å². The number of carbonyl (C=O) groups is 1. The third-order valence-corrected chi connectivity index (χ3v) is 3.13. The highest BCUT2D eigenvalue weighted by atomic mass is 16.5. The van der Waals surface area contributed by atoms with Gasteiger partial charge in [0.2, 0.25) is 0 Å². The average Bonchev–Trinajstić information content (AvgIpc) is 2.39. The van der Waals surface area contributed by atoms with Gasteiger partial charge < -0.3 is 4.74 Å². The second-order valence-electron chi connectivity index (χ2n) is 4.66. The van der Waals surface area contributed by atoms with Crippen LogP contribution in [0.25, 0.3) is 0 Å². The Morgan fingerprint density at radius 3 is 2.67 bits per heavy atom. The van der Waals surface area contributed by atoms with Crippen molar-refractivity contribution < 1.29 is 9.53 Å². The Kier molecular flexibility index (Phi) is 6.40. The molecule has 0 saturated carbocycles. The minimum absolute atomic E-state index is 0.0177. The molecule has 0 amide bonds. The molecule has 1 unspecified atom stereocenters. The number of hydrogen-bond donors (Lipinski definition) is 0. The molecule has 0 aliphatic heterocycles. The number of aromatic nitrogens is 1. The Hall–Kier alpha value is -1.38. The lowest BCUT2D eigenvalue weighted by molar-refractivity contribution is 0.101. The molecule has 0 aliphatic carbocycles. The van der Waals surface area contributed by atoms with Gasteiger partial charge >= 0.3 is 0 Å². The number of ether oxygens (including phenoxy) is 1. The summed E-state index contributed by atoms with van der Waals surface area (Å²) in [5.41, 5.74) is 0.486. The molecule has 0 aliphatic rings. The van der Waals surface area contributed by atoms with Crippen LogP contribution in [0, 0.1) is 5.92 Å². The maximum atomic E-state index is 11.1. The highest BCUT2D eigenvalue weighted by molar-refractivity contribution is 5.92. The maximum absolute atomic E-state index is 11.1. The van der Waals surface area contributed by atoms with E-state index >= 15 is 0 Å². The molecule has 100 valence electrons. The number of pyridine rings is 1. The van der Waals surface area contributed by atoms with Gasteiger partial charge in [-0.1, -0.05) is 33.1 Å². The van der Waals surface area contributed by atoms with Crippen LogP contribution in [0.5, 0.6) is 5.75 Å². The van der Waals surface area contributed by atoms with Crippen molar-refractivity contribution >= 4 is 5.78 Å². The fourth-order valence-electron chi connectivity index (χ4n) is 1.79. The van der Waals surface area contributed by atoms with Crippen molar-refractivity contribution in [1.29, 1.82) is 0 Å². The first-order valence-electron chi connectivity index (χ1n) is 6.77. The Bertz CT molecular complexity index is 359. The summed E-state index contributed by atoms with van der Waals surface area (Å²) >= 11 is 0. The van der Waals surface area contributed by atoms with Crippen LogP contribution in [0.2, 0.25) is 0 Å². The summed E-state index contributed by atoms with van der Waals surface area (Å²) < 4.78 is 5.72. The second-order valence-corrected chi connectivity index (χ2v) is 4.66. The number of hydrogen-bond acceptors (Lipinski definition) is 3. The summed E-state index contributed by atoms with van der Waals surface area (Å²) in [7, 11) is 0. The molecule has 1 heterocycles. The first-order valence-corrected chi connectivity index (χ1v) is 6.77. The van der Waals surface area contributed by atoms with E-state index in [9.17, 15) is 4.79 Å². The van der Waals surface area contributed by atoms with Crippen LogP contribution in [0.3, 0.4) is 0 Å². The van der Waals surface area contributed by atoms with Crippen molar-refractivity contribution in [3.8, 4) is 5.75 Å². The van der Waals surface area contributed by atoms with Crippen molar-refractivity contribution in [2.24, 2.45) is 5.92 Å². The number of carbonyl (C=O) groups excluding carboxylic acids is 1. The van der Waals surface area contributed by atoms with Crippen molar-refractivity contribution in [3.63, 3.8) is 0 Å². The number of rotatable bonds is 8. The van der Waals surface area contributed by atoms with Gasteiger partial charge in [-0.2, -0.15) is 0 Å². The van der Waals surface area contributed by atoms with Crippen LogP contribution in [-0.2, 0) is 0 Å². The van der Waals surface area contributed by atoms with Crippen LogP contribution >= 0.6 is 0 Å². The smallest absolute Gasteiger partial charge is 0.178 e. The van der Waals surface area contributed by atoms with Gasteiger partial charge in [0.25, 0.3) is 0 Å². The van der Waals surface area contributed by atoms with Crippen molar-refractivity contribution in [3.05, 3.63) is 24.0 Å². The molecule has 3 heteroatoms. The maximum Gasteiger partial charge on any atom is 0.178 e. The fourth-order valence-corrected chi connectivity index (χ4v) is 1.79. The lowest BCUT2D eigenvalue weighted by Gasteiger charge is -2.15. The van der Waals surface area contributed by atoms with E-state index < -0.39 is 0 Å². The normalized spacial score (nSPS) is 12.2. The zero-order chi connectivity index (χ0) is 13.4. The van der Waals surface area contributed by atoms with Crippen molar-refractivity contribution in [2.75, 3.05) is 6.61 Å². The summed E-state index contributed by atoms with van der Waals surface area (Å²) in [5.74, 6) is 1.34. The number of ketones is 1. The molecule has 0 N–H and O–H groups in total. The quantitative estimate of drug-likeness (QED) is 0.656. The largest absolute Gasteiger partial charge is 0.492 e. The van der Waals surface area contributed by atoms with Gasteiger partial charge in [0.1, 0.15) is 11.4 Å². The highest BCUT2D eigenvalue weighted by Gasteiger charge is 2.07. The van der Waals surface area contributed by atoms with E-state index in [-0.39, 0.29) is 5.78 Å². The molecule has 0 aromatic carbocycles. The van der Waals surface area contributed by atoms with Crippen molar-refractivity contribution in [1.82, 2.24) is 4.98 Å². The fraction of sp³-hybridized carbons (Fsp3) is 0.600. The molecule has 1 aromatic heterocycles. The summed E-state index contributed by atoms with van der Waals surface area (Å²) in [6, 6.07) is 3.53. The molecule has 0 radical (unpaired) electrons. The summed E-state index contributed by atoms with van der Waals surface area (Å²) in [4.78, 5) is 15.2. The van der Waals surface area contributed by atoms with Gasteiger partial charge in [0.05, 0.1) is 12.8 Å². The highest BCUT2D eigenvalue weighted by Crippen LogP contribution is 2.16. The van der Waals surface area contributed by atoms with Gasteiger partial charge in [-0.05, 0) is 24.5 Å². The summed E-state index contributed by atoms with van der Waals surface area (Å²) in [6.07, 6.45) is 6.46. The first kappa shape index (κ1) is 14.7. The second kappa shape index (κ2) is 7.85. The monoisotopic (exact) mass is 249 g/mol. The van der Waals surface area contributed by atoms with Crippen LogP contribution in [0.4, 0.5) is 0 Å². The number of unbranched alkanes of at least 4 members (excludes halogenated alkanes) is 1. The Labute approximate surface area is 110 Å². The van der Waals surface area contributed by atoms with Crippen molar-refractivity contribution in [2.45, 2.75) is 46.5 Å². The predicted molar refractivity (Wildman–Crippen MR) is 73.0 cm³/mol. The Morgan fingerprint density at radius 2 is 2.17 bits per heavy atom. The molecule has 1 atom stereocenters. The van der Waals surface area contributed by atoms with Crippen LogP contribution in [0.15, 0.2) is 18.3 Å². The van der Waals surface area contributed by atoms with E-state index in [1.54, 1.807) is 12.3 Å². The van der Waals surface area contributed by atoms with E-state index in [0.29, 0.717) is 11.6 Å². The number of Topliss-reactive ketones (excluding diaryl/α,β-unsaturated/α-hetero) is 1. The van der Waals surface area contributed by atoms with E-state index in [0.717, 1.165) is 18.8 Å². The molecule has 1 aromatic rings. The topological polar surface area (TPSA) is 39.2 Å². The minimum Gasteiger partial charge on any atom is -0.492 e. The predicted octanol–water partition coefficient (Wildman–Crippen LogP) is 3.88. The van der Waals surface area contributed by atoms with E-state index in [1.807, 2.05) is 6.07 Å². The standard InChI is InChI=1S/C15H23NO2/c1-4-6-7-13(5-2)11-18-14-8-9-15(12(3)17)16-10-14/h8-10,13H,4-7,11H2,1-3H3. The molecule has 0 saturated heterocycles. The Morgan fingerprint density at radius 1 is 1.39 bits per heavy atom. The van der Waals surface area contributed by atoms with E-state index in [1.165, 1.54) is 26.2 Å². The molecule has 18 heavy (non-hydrogen) atoms. The average molecular weight is 249 g/mol. The molecular formula is C15H23NO2. The SMILES string of the molecule is CCCCC(CC)COc1ccc(C(C)=O)nc1. The Balaban J connectivity index is 2.44. The van der Waals surface area contributed by atoms with Crippen LogP contribution in [-0.4, -0.2) is 17.4 Å². The molecule has 0 fully saturated rings. The zero-order valence-corrected chi connectivity index (χ0v) is 11.6. The van der Waals surface area contributed by atoms with Crippen LogP contribution < -0.4 is 4.74 Å². The molecule has 1 rings (SSSR count). The first-order chi connectivity index (χ1) is 8.67. The molecule has 0 bridgehead atoms.